The quantitative estimate of drug-likeness (QED) is 0.639. The molecule has 0 amide bonds. The Morgan fingerprint density at radius 3 is 1.95 bits per heavy atom. The fourth-order valence-electron chi connectivity index (χ4n) is 2.03. The molecule has 2 nitrogen and oxygen atoms in total. The van der Waals surface area contributed by atoms with Crippen molar-refractivity contribution in [2.75, 3.05) is 0 Å². The molecule has 0 saturated carbocycles. The summed E-state index contributed by atoms with van der Waals surface area (Å²) in [6.45, 7) is 0. The maximum absolute atomic E-state index is 9.98. The first-order chi connectivity index (χ1) is 9.66. The molecule has 3 rings (SSSR count). The van der Waals surface area contributed by atoms with Crippen LogP contribution in [0.25, 0.3) is 20.0 Å². The van der Waals surface area contributed by atoms with Crippen molar-refractivity contribution in [2.45, 2.75) is 0 Å². The molecule has 2 N–H and O–H groups in total. The molecule has 0 saturated heterocycles. The van der Waals surface area contributed by atoms with Crippen molar-refractivity contribution in [3.63, 3.8) is 0 Å². The Morgan fingerprint density at radius 2 is 1.35 bits per heavy atom. The van der Waals surface area contributed by atoms with Gasteiger partial charge in [0.15, 0.2) is 0 Å². The fraction of sp³-hybridized carbons (Fsp3) is 0. The minimum absolute atomic E-state index is 0.0382. The summed E-state index contributed by atoms with van der Waals surface area (Å²) in [7, 11) is 0. The van der Waals surface area contributed by atoms with Crippen molar-refractivity contribution in [1.82, 2.24) is 0 Å². The van der Waals surface area contributed by atoms with Crippen molar-refractivity contribution in [3.8, 4) is 31.5 Å². The summed E-state index contributed by atoms with van der Waals surface area (Å²) in [5.41, 5.74) is 1.70. The van der Waals surface area contributed by atoms with Crippen LogP contribution in [-0.4, -0.2) is 24.7 Å². The first kappa shape index (κ1) is 13.5. The van der Waals surface area contributed by atoms with Crippen LogP contribution in [0.2, 0.25) is 0 Å². The Bertz CT molecular complexity index is 765. The normalized spacial score (nSPS) is 10.7. The molecule has 100 valence electrons. The molecule has 3 aromatic rings. The van der Waals surface area contributed by atoms with Gasteiger partial charge in [-0.2, -0.15) is 0 Å². The van der Waals surface area contributed by atoms with Crippen molar-refractivity contribution in [3.05, 3.63) is 59.1 Å². The molecular weight excluding hydrogens is 383 g/mol. The van der Waals surface area contributed by atoms with Crippen LogP contribution in [0, 0.1) is 0 Å². The van der Waals surface area contributed by atoms with Crippen molar-refractivity contribution in [2.24, 2.45) is 0 Å². The zero-order chi connectivity index (χ0) is 14.1. The van der Waals surface area contributed by atoms with E-state index >= 15 is 0 Å². The van der Waals surface area contributed by atoms with Crippen LogP contribution in [0.4, 0.5) is 0 Å². The Kier molecular flexibility index (Phi) is 3.70. The van der Waals surface area contributed by atoms with E-state index in [2.05, 4.69) is 15.9 Å². The van der Waals surface area contributed by atoms with Gasteiger partial charge in [0, 0.05) is 0 Å². The van der Waals surface area contributed by atoms with Gasteiger partial charge in [-0.05, 0) is 0 Å². The fourth-order valence-corrected chi connectivity index (χ4v) is 5.58. The summed E-state index contributed by atoms with van der Waals surface area (Å²) < 4.78 is 3.16. The average Bonchev–Trinajstić information content (AvgIpc) is 2.81. The summed E-state index contributed by atoms with van der Waals surface area (Å²) >= 11 is 3.60. The van der Waals surface area contributed by atoms with E-state index in [1.54, 1.807) is 12.1 Å². The van der Waals surface area contributed by atoms with Gasteiger partial charge in [0.05, 0.1) is 0 Å². The van der Waals surface area contributed by atoms with E-state index in [1.807, 2.05) is 42.5 Å². The van der Waals surface area contributed by atoms with E-state index in [4.69, 9.17) is 0 Å². The summed E-state index contributed by atoms with van der Waals surface area (Å²) in [5, 5.41) is 19.9. The zero-order valence-corrected chi connectivity index (χ0v) is 13.7. The Morgan fingerprint density at radius 1 is 0.800 bits per heavy atom. The second-order valence-corrected chi connectivity index (χ2v) is 7.38. The zero-order valence-electron chi connectivity index (χ0n) is 10.4. The molecule has 0 bridgehead atoms. The molecule has 0 fully saturated rings. The first-order valence-corrected chi connectivity index (χ1v) is 8.53. The molecule has 0 spiro atoms. The van der Waals surface area contributed by atoms with E-state index in [0.717, 1.165) is 24.5 Å². The third-order valence-electron chi connectivity index (χ3n) is 3.00. The molecule has 1 heterocycles. The van der Waals surface area contributed by atoms with Crippen molar-refractivity contribution >= 4 is 30.4 Å². The standard InChI is InChI=1S/C16H11BrO2Se/c17-12-9-15(10-5-1-3-7-13(10)18)20-16(12)11-6-2-4-8-14(11)19/h1-9,18-19H. The number of phenols is 2. The van der Waals surface area contributed by atoms with Gasteiger partial charge in [-0.25, -0.2) is 0 Å². The van der Waals surface area contributed by atoms with Gasteiger partial charge in [-0.1, -0.05) is 0 Å². The molecule has 2 aromatic carbocycles. The Labute approximate surface area is 131 Å². The van der Waals surface area contributed by atoms with E-state index in [1.165, 1.54) is 0 Å². The minimum atomic E-state index is 0.0382. The number of aromatic hydroxyl groups is 2. The summed E-state index contributed by atoms with van der Waals surface area (Å²) in [6, 6.07) is 16.7. The van der Waals surface area contributed by atoms with Crippen LogP contribution in [0.5, 0.6) is 11.5 Å². The van der Waals surface area contributed by atoms with Gasteiger partial charge in [-0.15, -0.1) is 0 Å². The van der Waals surface area contributed by atoms with Crippen LogP contribution in [0.15, 0.2) is 59.1 Å². The Balaban J connectivity index is 2.13. The predicted molar refractivity (Wildman–Crippen MR) is 85.3 cm³/mol. The van der Waals surface area contributed by atoms with E-state index in [-0.39, 0.29) is 20.3 Å². The van der Waals surface area contributed by atoms with Crippen LogP contribution in [-0.2, 0) is 0 Å². The summed E-state index contributed by atoms with van der Waals surface area (Å²) in [5.74, 6) is 0.577. The van der Waals surface area contributed by atoms with E-state index in [9.17, 15) is 10.2 Å². The van der Waals surface area contributed by atoms with Gasteiger partial charge in [0.1, 0.15) is 0 Å². The number of phenolic OH excluding ortho intramolecular Hbond substituents is 2. The molecule has 0 aliphatic rings. The van der Waals surface area contributed by atoms with Crippen LogP contribution in [0.3, 0.4) is 0 Å². The SMILES string of the molecule is Oc1ccccc1-c1cc(Br)c(-c2ccccc2O)[se]1. The second kappa shape index (κ2) is 5.49. The number of hydrogen-bond donors (Lipinski definition) is 2. The molecular formula is C16H11BrO2Se. The van der Waals surface area contributed by atoms with Gasteiger partial charge < -0.3 is 0 Å². The van der Waals surface area contributed by atoms with Crippen LogP contribution >= 0.6 is 15.9 Å². The summed E-state index contributed by atoms with van der Waals surface area (Å²) in [6.07, 6.45) is 0. The van der Waals surface area contributed by atoms with Crippen molar-refractivity contribution in [1.29, 1.82) is 0 Å². The van der Waals surface area contributed by atoms with Gasteiger partial charge in [0.2, 0.25) is 0 Å². The molecule has 0 aliphatic heterocycles. The van der Waals surface area contributed by atoms with Crippen LogP contribution in [0.1, 0.15) is 0 Å². The first-order valence-electron chi connectivity index (χ1n) is 6.03. The third kappa shape index (κ3) is 2.42. The molecule has 1 aromatic heterocycles. The van der Waals surface area contributed by atoms with Gasteiger partial charge in [0.25, 0.3) is 0 Å². The molecule has 0 atom stereocenters. The number of rotatable bonds is 2. The van der Waals surface area contributed by atoms with Crippen molar-refractivity contribution < 1.29 is 10.2 Å². The van der Waals surface area contributed by atoms with E-state index in [0.29, 0.717) is 5.75 Å². The molecule has 0 unspecified atom stereocenters. The average molecular weight is 394 g/mol. The Hall–Kier alpha value is -1.48. The number of hydrogen-bond acceptors (Lipinski definition) is 2. The number of halogens is 1. The van der Waals surface area contributed by atoms with Gasteiger partial charge >= 0.3 is 131 Å². The van der Waals surface area contributed by atoms with Crippen LogP contribution < -0.4 is 0 Å². The predicted octanol–water partition coefficient (Wildman–Crippen LogP) is 4.25. The number of benzene rings is 2. The monoisotopic (exact) mass is 394 g/mol. The third-order valence-corrected chi connectivity index (χ3v) is 6.74. The van der Waals surface area contributed by atoms with Gasteiger partial charge in [-0.3, -0.25) is 0 Å². The molecule has 20 heavy (non-hydrogen) atoms. The topological polar surface area (TPSA) is 40.5 Å². The number of para-hydroxylation sites is 2. The second-order valence-electron chi connectivity index (χ2n) is 4.32. The van der Waals surface area contributed by atoms with E-state index < -0.39 is 0 Å². The summed E-state index contributed by atoms with van der Waals surface area (Å²) in [4.78, 5) is 0. The molecule has 4 heteroatoms. The maximum atomic E-state index is 9.98. The molecule has 0 aliphatic carbocycles. The molecule has 0 radical (unpaired) electrons.